The number of nitrogens with one attached hydrogen (secondary N) is 2. The van der Waals surface area contributed by atoms with Crippen molar-refractivity contribution in [2.24, 2.45) is 10.6 Å². The second-order valence-electron chi connectivity index (χ2n) is 3.60. The molecule has 0 aromatic heterocycles. The Kier molecular flexibility index (Phi) is 11.1. The molecule has 0 atom stereocenters. The van der Waals surface area contributed by atoms with Crippen LogP contribution in [0.1, 0.15) is 6.42 Å². The Hall–Kier alpha value is -1.68. The van der Waals surface area contributed by atoms with Crippen LogP contribution in [0.3, 0.4) is 0 Å². The lowest BCUT2D eigenvalue weighted by Gasteiger charge is -2.14. The SMILES string of the molecule is O=NN(CCCl)C(=O)NCCCNC(=O)N(CCCl)N=O. The van der Waals surface area contributed by atoms with Gasteiger partial charge in [-0.2, -0.15) is 10.0 Å². The Bertz CT molecular complexity index is 327. The van der Waals surface area contributed by atoms with E-state index in [1.165, 1.54) is 0 Å². The van der Waals surface area contributed by atoms with E-state index in [9.17, 15) is 19.4 Å². The van der Waals surface area contributed by atoms with Gasteiger partial charge in [0.25, 0.3) is 0 Å². The Morgan fingerprint density at radius 3 is 1.52 bits per heavy atom. The van der Waals surface area contributed by atoms with Crippen molar-refractivity contribution < 1.29 is 9.59 Å². The van der Waals surface area contributed by atoms with Crippen LogP contribution in [0.2, 0.25) is 0 Å². The Morgan fingerprint density at radius 2 is 1.24 bits per heavy atom. The van der Waals surface area contributed by atoms with Crippen LogP contribution in [0.25, 0.3) is 0 Å². The summed E-state index contributed by atoms with van der Waals surface area (Å²) in [5.41, 5.74) is 0. The molecular weight excluding hydrogens is 327 g/mol. The number of carbonyl (C=O) groups excluding carboxylic acids is 2. The topological polar surface area (TPSA) is 124 Å². The molecule has 0 radical (unpaired) electrons. The summed E-state index contributed by atoms with van der Waals surface area (Å²) < 4.78 is 0. The van der Waals surface area contributed by atoms with E-state index in [-0.39, 0.29) is 37.9 Å². The van der Waals surface area contributed by atoms with Crippen molar-refractivity contribution in [3.05, 3.63) is 9.81 Å². The molecular formula is C9H16Cl2N6O4. The van der Waals surface area contributed by atoms with Crippen molar-refractivity contribution in [3.63, 3.8) is 0 Å². The van der Waals surface area contributed by atoms with Crippen molar-refractivity contribution in [2.75, 3.05) is 37.9 Å². The third-order valence-electron chi connectivity index (χ3n) is 2.16. The zero-order valence-electron chi connectivity index (χ0n) is 11.1. The van der Waals surface area contributed by atoms with Gasteiger partial charge in [0.15, 0.2) is 0 Å². The maximum atomic E-state index is 11.4. The standard InChI is InChI=1S/C9H16Cl2N6O4/c10-2-6-16(14-20)8(18)12-4-1-5-13-9(19)17(15-21)7-3-11/h1-7H2,(H,12,18)(H,13,19). The number of hydrogen-bond donors (Lipinski definition) is 2. The zero-order chi connectivity index (χ0) is 16.1. The van der Waals surface area contributed by atoms with Gasteiger partial charge in [-0.05, 0) is 6.42 Å². The van der Waals surface area contributed by atoms with Crippen molar-refractivity contribution in [2.45, 2.75) is 6.42 Å². The van der Waals surface area contributed by atoms with Crippen LogP contribution in [0, 0.1) is 9.81 Å². The average molecular weight is 343 g/mol. The van der Waals surface area contributed by atoms with Gasteiger partial charge in [-0.1, -0.05) is 0 Å². The van der Waals surface area contributed by atoms with Crippen molar-refractivity contribution in [1.82, 2.24) is 20.7 Å². The highest BCUT2D eigenvalue weighted by molar-refractivity contribution is 6.18. The first-order chi connectivity index (χ1) is 10.1. The number of hydrogen-bond acceptors (Lipinski definition) is 6. The number of amides is 4. The Balaban J connectivity index is 3.85. The highest BCUT2D eigenvalue weighted by Gasteiger charge is 2.13. The summed E-state index contributed by atoms with van der Waals surface area (Å²) in [6.45, 7) is 0.424. The van der Waals surface area contributed by atoms with E-state index in [0.29, 0.717) is 16.4 Å². The quantitative estimate of drug-likeness (QED) is 0.268. The van der Waals surface area contributed by atoms with E-state index >= 15 is 0 Å². The summed E-state index contributed by atoms with van der Waals surface area (Å²) in [6.07, 6.45) is 0.388. The first-order valence-corrected chi connectivity index (χ1v) is 7.06. The Morgan fingerprint density at radius 1 is 0.857 bits per heavy atom. The number of carbonyl (C=O) groups is 2. The molecule has 0 saturated carbocycles. The summed E-state index contributed by atoms with van der Waals surface area (Å²) in [4.78, 5) is 43.4. The number of urea groups is 2. The molecule has 0 aliphatic carbocycles. The van der Waals surface area contributed by atoms with Crippen molar-refractivity contribution in [1.29, 1.82) is 0 Å². The van der Waals surface area contributed by atoms with Gasteiger partial charge in [0.2, 0.25) is 0 Å². The maximum absolute atomic E-state index is 11.4. The molecule has 0 fully saturated rings. The monoisotopic (exact) mass is 342 g/mol. The van der Waals surface area contributed by atoms with Gasteiger partial charge in [0.1, 0.15) is 0 Å². The molecule has 0 aromatic rings. The normalized spacial score (nSPS) is 9.62. The summed E-state index contributed by atoms with van der Waals surface area (Å²) in [7, 11) is 0. The van der Waals surface area contributed by atoms with Crippen LogP contribution < -0.4 is 10.6 Å². The van der Waals surface area contributed by atoms with E-state index in [0.717, 1.165) is 0 Å². The molecule has 0 aliphatic heterocycles. The highest BCUT2D eigenvalue weighted by atomic mass is 35.5. The van der Waals surface area contributed by atoms with E-state index in [4.69, 9.17) is 23.2 Å². The molecule has 0 unspecified atom stereocenters. The van der Waals surface area contributed by atoms with Gasteiger partial charge in [-0.15, -0.1) is 33.0 Å². The highest BCUT2D eigenvalue weighted by Crippen LogP contribution is 1.93. The summed E-state index contributed by atoms with van der Waals surface area (Å²) in [5, 5.41) is 11.2. The fourth-order valence-corrected chi connectivity index (χ4v) is 1.50. The number of nitrogens with zero attached hydrogens (tertiary/aromatic N) is 4. The van der Waals surface area contributed by atoms with Crippen LogP contribution in [0.5, 0.6) is 0 Å². The number of alkyl halides is 2. The lowest BCUT2D eigenvalue weighted by atomic mass is 10.4. The van der Waals surface area contributed by atoms with Crippen LogP contribution in [-0.2, 0) is 0 Å². The first-order valence-electron chi connectivity index (χ1n) is 5.99. The van der Waals surface area contributed by atoms with Crippen LogP contribution in [0.15, 0.2) is 10.6 Å². The van der Waals surface area contributed by atoms with E-state index < -0.39 is 12.1 Å². The number of halogens is 2. The molecule has 0 aliphatic rings. The third-order valence-corrected chi connectivity index (χ3v) is 2.50. The predicted octanol–water partition coefficient (Wildman–Crippen LogP) is 1.24. The van der Waals surface area contributed by atoms with Gasteiger partial charge in [0.05, 0.1) is 23.7 Å². The van der Waals surface area contributed by atoms with Crippen LogP contribution >= 0.6 is 23.2 Å². The molecule has 120 valence electrons. The average Bonchev–Trinajstić information content (AvgIpc) is 2.49. The maximum Gasteiger partial charge on any atom is 0.340 e. The minimum Gasteiger partial charge on any atom is -0.336 e. The van der Waals surface area contributed by atoms with Crippen molar-refractivity contribution >= 4 is 35.3 Å². The molecule has 4 amide bonds. The second-order valence-corrected chi connectivity index (χ2v) is 4.36. The molecule has 0 saturated heterocycles. The molecule has 0 spiro atoms. The van der Waals surface area contributed by atoms with Gasteiger partial charge in [-0.3, -0.25) is 0 Å². The molecule has 0 aromatic carbocycles. The van der Waals surface area contributed by atoms with Gasteiger partial charge in [0, 0.05) is 24.8 Å². The van der Waals surface area contributed by atoms with Crippen molar-refractivity contribution in [3.8, 4) is 0 Å². The number of rotatable bonds is 10. The number of nitroso groups, excluding NO2 is 2. The molecule has 0 rings (SSSR count). The molecule has 0 heterocycles. The predicted molar refractivity (Wildman–Crippen MR) is 77.9 cm³/mol. The van der Waals surface area contributed by atoms with Gasteiger partial charge < -0.3 is 10.6 Å². The zero-order valence-corrected chi connectivity index (χ0v) is 12.6. The smallest absolute Gasteiger partial charge is 0.336 e. The minimum atomic E-state index is -0.671. The second kappa shape index (κ2) is 12.1. The first kappa shape index (κ1) is 19.3. The van der Waals surface area contributed by atoms with Crippen LogP contribution in [-0.4, -0.2) is 60.0 Å². The van der Waals surface area contributed by atoms with Crippen LogP contribution in [0.4, 0.5) is 9.59 Å². The summed E-state index contributed by atoms with van der Waals surface area (Å²) in [5.74, 6) is 0.175. The molecule has 0 bridgehead atoms. The lowest BCUT2D eigenvalue weighted by molar-refractivity contribution is 0.200. The van der Waals surface area contributed by atoms with Gasteiger partial charge in [-0.25, -0.2) is 9.59 Å². The van der Waals surface area contributed by atoms with Gasteiger partial charge >= 0.3 is 12.1 Å². The fraction of sp³-hybridized carbons (Fsp3) is 0.778. The van der Waals surface area contributed by atoms with E-state index in [2.05, 4.69) is 21.2 Å². The molecule has 21 heavy (non-hydrogen) atoms. The fourth-order valence-electron chi connectivity index (χ4n) is 1.18. The molecule has 2 N–H and O–H groups in total. The lowest BCUT2D eigenvalue weighted by Crippen LogP contribution is -2.40. The third kappa shape index (κ3) is 8.25. The summed E-state index contributed by atoms with van der Waals surface area (Å²) >= 11 is 10.8. The van der Waals surface area contributed by atoms with E-state index in [1.54, 1.807) is 0 Å². The van der Waals surface area contributed by atoms with E-state index in [1.807, 2.05) is 0 Å². The minimum absolute atomic E-state index is 0.00597. The molecule has 12 heteroatoms. The Labute approximate surface area is 131 Å². The largest absolute Gasteiger partial charge is 0.340 e. The molecule has 10 nitrogen and oxygen atoms in total. The summed E-state index contributed by atoms with van der Waals surface area (Å²) in [6, 6.07) is -1.34.